The highest BCUT2D eigenvalue weighted by molar-refractivity contribution is 6.15. The first kappa shape index (κ1) is 35.7. The van der Waals surface area contributed by atoms with Gasteiger partial charge in [-0.25, -0.2) is 0 Å². The van der Waals surface area contributed by atoms with E-state index in [0.717, 1.165) is 88.8 Å². The number of para-hydroxylation sites is 2. The number of aryl methyl sites for hydroxylation is 2. The highest BCUT2D eigenvalue weighted by Crippen LogP contribution is 2.43. The van der Waals surface area contributed by atoms with Crippen LogP contribution in [0.3, 0.4) is 0 Å². The molecule has 8 aromatic carbocycles. The monoisotopic (exact) mass is 802 g/mol. The third kappa shape index (κ3) is 6.11. The number of hydrogen-bond donors (Lipinski definition) is 0. The average Bonchev–Trinajstić information content (AvgIpc) is 4.11. The molecular weight excluding hydrogens is 765 g/mol. The predicted octanol–water partition coefficient (Wildman–Crippen LogP) is 16.7. The molecule has 0 amide bonds. The lowest BCUT2D eigenvalue weighted by molar-refractivity contribution is 0.569. The number of furan rings is 4. The van der Waals surface area contributed by atoms with E-state index in [-0.39, 0.29) is 0 Å². The minimum atomic E-state index is 0.666. The van der Waals surface area contributed by atoms with Gasteiger partial charge in [-0.2, -0.15) is 0 Å². The topological polar surface area (TPSA) is 59.0 Å². The van der Waals surface area contributed by atoms with Gasteiger partial charge in [0.2, 0.25) is 0 Å². The Hall–Kier alpha value is -8.22. The van der Waals surface area contributed by atoms with Gasteiger partial charge in [0, 0.05) is 78.6 Å². The Labute approximate surface area is 357 Å². The largest absolute Gasteiger partial charge is 0.453 e. The highest BCUT2D eigenvalue weighted by Gasteiger charge is 2.20. The maximum absolute atomic E-state index is 6.64. The summed E-state index contributed by atoms with van der Waals surface area (Å²) < 4.78 is 26.4. The summed E-state index contributed by atoms with van der Waals surface area (Å²) in [6, 6.07) is 67.2. The lowest BCUT2D eigenvalue weighted by atomic mass is 10.1. The molecule has 0 radical (unpaired) electrons. The molecule has 62 heavy (non-hydrogen) atoms. The van der Waals surface area contributed by atoms with E-state index in [1.807, 2.05) is 24.3 Å². The molecule has 6 nitrogen and oxygen atoms in total. The van der Waals surface area contributed by atoms with E-state index in [9.17, 15) is 0 Å². The fourth-order valence-corrected chi connectivity index (χ4v) is 8.79. The number of nitrogens with zero attached hydrogens (tertiary/aromatic N) is 2. The molecular formula is C56H38N2O4. The zero-order valence-electron chi connectivity index (χ0n) is 34.0. The minimum Gasteiger partial charge on any atom is -0.453 e. The molecule has 6 heteroatoms. The van der Waals surface area contributed by atoms with Crippen molar-refractivity contribution >= 4 is 88.8 Å². The summed E-state index contributed by atoms with van der Waals surface area (Å²) in [4.78, 5) is 4.50. The van der Waals surface area contributed by atoms with Crippen molar-refractivity contribution in [2.24, 2.45) is 0 Å². The molecule has 12 aromatic rings. The second-order valence-corrected chi connectivity index (χ2v) is 16.0. The smallest absolute Gasteiger partial charge is 0.170 e. The van der Waals surface area contributed by atoms with Crippen LogP contribution in [-0.2, 0) is 0 Å². The summed E-state index contributed by atoms with van der Waals surface area (Å²) in [5.74, 6) is 2.67. The molecule has 12 rings (SSSR count). The molecule has 0 N–H and O–H groups in total. The van der Waals surface area contributed by atoms with Gasteiger partial charge in [0.05, 0.1) is 0 Å². The van der Waals surface area contributed by atoms with Gasteiger partial charge in [-0.05, 0) is 134 Å². The van der Waals surface area contributed by atoms with Gasteiger partial charge in [0.1, 0.15) is 22.3 Å². The number of rotatable bonds is 8. The molecule has 296 valence electrons. The summed E-state index contributed by atoms with van der Waals surface area (Å²) >= 11 is 0. The molecule has 4 heterocycles. The van der Waals surface area contributed by atoms with Gasteiger partial charge in [-0.15, -0.1) is 0 Å². The zero-order chi connectivity index (χ0) is 41.3. The quantitative estimate of drug-likeness (QED) is 0.152. The van der Waals surface area contributed by atoms with Gasteiger partial charge < -0.3 is 27.5 Å². The van der Waals surface area contributed by atoms with Crippen LogP contribution >= 0.6 is 0 Å². The van der Waals surface area contributed by atoms with Crippen molar-refractivity contribution in [1.29, 1.82) is 0 Å². The van der Waals surface area contributed by atoms with Gasteiger partial charge in [-0.3, -0.25) is 0 Å². The first-order valence-corrected chi connectivity index (χ1v) is 20.8. The Kier molecular flexibility index (Phi) is 8.18. The molecule has 0 aliphatic rings. The summed E-state index contributed by atoms with van der Waals surface area (Å²) in [7, 11) is 0. The molecule has 0 atom stereocenters. The lowest BCUT2D eigenvalue weighted by Gasteiger charge is -2.25. The van der Waals surface area contributed by atoms with Gasteiger partial charge >= 0.3 is 0 Å². The van der Waals surface area contributed by atoms with Crippen molar-refractivity contribution in [2.75, 3.05) is 9.80 Å². The molecule has 0 saturated carbocycles. The van der Waals surface area contributed by atoms with Crippen LogP contribution in [0.2, 0.25) is 0 Å². The predicted molar refractivity (Wildman–Crippen MR) is 253 cm³/mol. The Morgan fingerprint density at radius 1 is 0.290 bits per heavy atom. The Morgan fingerprint density at radius 3 is 1.10 bits per heavy atom. The summed E-state index contributed by atoms with van der Waals surface area (Å²) in [6.45, 7) is 4.23. The fourth-order valence-electron chi connectivity index (χ4n) is 8.79. The number of hydrogen-bond acceptors (Lipinski definition) is 6. The number of benzene rings is 8. The van der Waals surface area contributed by atoms with Crippen molar-refractivity contribution in [3.8, 4) is 23.0 Å². The van der Waals surface area contributed by atoms with Gasteiger partial charge in [-0.1, -0.05) is 72.8 Å². The van der Waals surface area contributed by atoms with E-state index in [4.69, 9.17) is 17.7 Å². The van der Waals surface area contributed by atoms with Crippen LogP contribution in [0.15, 0.2) is 212 Å². The van der Waals surface area contributed by atoms with Crippen LogP contribution in [0.1, 0.15) is 11.1 Å². The first-order valence-electron chi connectivity index (χ1n) is 20.8. The molecule has 4 aromatic heterocycles. The Balaban J connectivity index is 0.884. The highest BCUT2D eigenvalue weighted by atomic mass is 16.4. The van der Waals surface area contributed by atoms with Crippen LogP contribution in [0, 0.1) is 13.8 Å². The fraction of sp³-hybridized carbons (Fsp3) is 0.0357. The van der Waals surface area contributed by atoms with Crippen molar-refractivity contribution in [1.82, 2.24) is 0 Å². The summed E-state index contributed by atoms with van der Waals surface area (Å²) in [5, 5.41) is 5.89. The van der Waals surface area contributed by atoms with E-state index in [1.165, 1.54) is 11.1 Å². The summed E-state index contributed by atoms with van der Waals surface area (Å²) in [5.41, 5.74) is 11.8. The van der Waals surface area contributed by atoms with Gasteiger partial charge in [0.25, 0.3) is 0 Å². The molecule has 0 aliphatic heterocycles. The normalized spacial score (nSPS) is 11.7. The SMILES string of the molecule is Cc1cccc(N(c2ccccc2)c2ccc3cc(-c4cc5ccc6c(ccc7cc(-c8cc9ccc(N(c%10ccccc%10)c%10cccc(C)c%10)cc9o8)oc76)c5o4)oc3c2)c1. The van der Waals surface area contributed by atoms with Crippen molar-refractivity contribution in [3.05, 3.63) is 205 Å². The molecule has 0 aliphatic carbocycles. The van der Waals surface area contributed by atoms with Crippen LogP contribution in [0.25, 0.3) is 77.7 Å². The lowest BCUT2D eigenvalue weighted by Crippen LogP contribution is -2.09. The maximum Gasteiger partial charge on any atom is 0.170 e. The van der Waals surface area contributed by atoms with E-state index in [1.54, 1.807) is 0 Å². The van der Waals surface area contributed by atoms with E-state index in [0.29, 0.717) is 23.0 Å². The van der Waals surface area contributed by atoms with Crippen LogP contribution in [0.4, 0.5) is 34.1 Å². The standard InChI is InChI=1S/C56H38N2O4/c1-35-11-9-17-43(27-35)57(41-13-5-3-6-14-41)45-23-19-37-29-51(59-49(37)33-45)53-31-39-21-25-48-47(55(39)61-53)26-22-40-32-54(62-56(40)48)52-30-38-20-24-46(34-50(38)60-52)58(42-15-7-4-8-16-42)44-18-10-12-36(2)28-44/h3-34H,1-2H3. The second kappa shape index (κ2) is 14.2. The first-order chi connectivity index (χ1) is 30.5. The maximum atomic E-state index is 6.64. The van der Waals surface area contributed by atoms with Crippen LogP contribution in [0.5, 0.6) is 0 Å². The zero-order valence-corrected chi connectivity index (χ0v) is 34.0. The second-order valence-electron chi connectivity index (χ2n) is 16.0. The molecule has 0 spiro atoms. The minimum absolute atomic E-state index is 0.666. The molecule has 0 unspecified atom stereocenters. The summed E-state index contributed by atoms with van der Waals surface area (Å²) in [6.07, 6.45) is 0. The Bertz CT molecular complexity index is 3390. The van der Waals surface area contributed by atoms with Crippen LogP contribution < -0.4 is 9.80 Å². The van der Waals surface area contributed by atoms with E-state index < -0.39 is 0 Å². The Morgan fingerprint density at radius 2 is 0.661 bits per heavy atom. The van der Waals surface area contributed by atoms with Gasteiger partial charge in [0.15, 0.2) is 23.0 Å². The van der Waals surface area contributed by atoms with Crippen molar-refractivity contribution < 1.29 is 17.7 Å². The van der Waals surface area contributed by atoms with Crippen LogP contribution in [-0.4, -0.2) is 0 Å². The van der Waals surface area contributed by atoms with E-state index >= 15 is 0 Å². The third-order valence-corrected chi connectivity index (χ3v) is 11.7. The number of anilines is 6. The van der Waals surface area contributed by atoms with Crippen molar-refractivity contribution in [3.63, 3.8) is 0 Å². The third-order valence-electron chi connectivity index (χ3n) is 11.7. The van der Waals surface area contributed by atoms with E-state index in [2.05, 4.69) is 194 Å². The van der Waals surface area contributed by atoms with Crippen molar-refractivity contribution in [2.45, 2.75) is 13.8 Å². The molecule has 0 saturated heterocycles. The number of fused-ring (bicyclic) bond motifs is 7. The molecule has 0 fully saturated rings. The molecule has 0 bridgehead atoms. The average molecular weight is 803 g/mol.